The Labute approximate surface area is 101 Å². The van der Waals surface area contributed by atoms with Gasteiger partial charge in [-0.15, -0.1) is 0 Å². The molecular formula is C11H13Br2F. The fourth-order valence-corrected chi connectivity index (χ4v) is 1.80. The summed E-state index contributed by atoms with van der Waals surface area (Å²) in [5.41, 5.74) is 0.797. The van der Waals surface area contributed by atoms with Crippen molar-refractivity contribution >= 4 is 31.9 Å². The zero-order valence-electron chi connectivity index (χ0n) is 8.06. The Morgan fingerprint density at radius 2 is 2.14 bits per heavy atom. The van der Waals surface area contributed by atoms with E-state index in [9.17, 15) is 4.39 Å². The second kappa shape index (κ2) is 5.86. The molecule has 0 aliphatic heterocycles. The fraction of sp³-hybridized carbons (Fsp3) is 0.455. The van der Waals surface area contributed by atoms with Crippen LogP contribution < -0.4 is 0 Å². The average Bonchev–Trinajstić information content (AvgIpc) is 2.16. The summed E-state index contributed by atoms with van der Waals surface area (Å²) in [4.78, 5) is 0.491. The monoisotopic (exact) mass is 322 g/mol. The minimum atomic E-state index is -0.116. The smallest absolute Gasteiger partial charge is 0.127 e. The second-order valence-corrected chi connectivity index (χ2v) is 5.49. The Morgan fingerprint density at radius 1 is 1.43 bits per heavy atom. The molecule has 0 aliphatic carbocycles. The topological polar surface area (TPSA) is 0 Å². The van der Waals surface area contributed by atoms with Gasteiger partial charge in [-0.05, 0) is 37.0 Å². The highest BCUT2D eigenvalue weighted by atomic mass is 79.9. The third-order valence-electron chi connectivity index (χ3n) is 2.18. The van der Waals surface area contributed by atoms with E-state index in [1.54, 1.807) is 0 Å². The van der Waals surface area contributed by atoms with E-state index in [1.807, 2.05) is 12.1 Å². The van der Waals surface area contributed by atoms with Crippen LogP contribution in [-0.2, 0) is 6.42 Å². The van der Waals surface area contributed by atoms with Crippen LogP contribution in [0.25, 0.3) is 0 Å². The van der Waals surface area contributed by atoms with Crippen molar-refractivity contribution in [2.45, 2.75) is 31.0 Å². The predicted octanol–water partition coefficient (Wildman–Crippen LogP) is 4.69. The van der Waals surface area contributed by atoms with Gasteiger partial charge in [0.1, 0.15) is 5.82 Å². The van der Waals surface area contributed by atoms with Crippen molar-refractivity contribution in [3.63, 3.8) is 0 Å². The van der Waals surface area contributed by atoms with Crippen molar-refractivity contribution in [1.82, 2.24) is 0 Å². The molecule has 1 rings (SSSR count). The molecule has 0 aliphatic rings. The molecule has 1 aromatic carbocycles. The predicted molar refractivity (Wildman–Crippen MR) is 65.4 cm³/mol. The van der Waals surface area contributed by atoms with Crippen molar-refractivity contribution in [3.8, 4) is 0 Å². The zero-order valence-corrected chi connectivity index (χ0v) is 11.2. The van der Waals surface area contributed by atoms with E-state index < -0.39 is 0 Å². The summed E-state index contributed by atoms with van der Waals surface area (Å²) in [6.07, 6.45) is 2.86. The van der Waals surface area contributed by atoms with Crippen LogP contribution in [0.3, 0.4) is 0 Å². The molecule has 0 radical (unpaired) electrons. The zero-order chi connectivity index (χ0) is 10.6. The number of aryl methyl sites for hydroxylation is 1. The maximum absolute atomic E-state index is 13.4. The summed E-state index contributed by atoms with van der Waals surface area (Å²) in [7, 11) is 0. The van der Waals surface area contributed by atoms with Gasteiger partial charge in [-0.1, -0.05) is 44.8 Å². The van der Waals surface area contributed by atoms with Crippen LogP contribution in [-0.4, -0.2) is 4.83 Å². The van der Waals surface area contributed by atoms with Crippen LogP contribution in [0.1, 0.15) is 25.3 Å². The van der Waals surface area contributed by atoms with Crippen molar-refractivity contribution in [1.29, 1.82) is 0 Å². The van der Waals surface area contributed by atoms with Gasteiger partial charge in [0.25, 0.3) is 0 Å². The Morgan fingerprint density at radius 3 is 2.71 bits per heavy atom. The first kappa shape index (κ1) is 12.2. The lowest BCUT2D eigenvalue weighted by molar-refractivity contribution is 0.600. The van der Waals surface area contributed by atoms with E-state index in [4.69, 9.17) is 0 Å². The molecule has 0 fully saturated rings. The molecule has 0 saturated carbocycles. The minimum Gasteiger partial charge on any atom is -0.207 e. The lowest BCUT2D eigenvalue weighted by Crippen LogP contribution is -1.99. The second-order valence-electron chi connectivity index (χ2n) is 3.28. The number of benzene rings is 1. The summed E-state index contributed by atoms with van der Waals surface area (Å²) in [6, 6.07) is 5.24. The van der Waals surface area contributed by atoms with Crippen molar-refractivity contribution in [2.24, 2.45) is 0 Å². The van der Waals surface area contributed by atoms with Crippen LogP contribution in [0.5, 0.6) is 0 Å². The number of rotatable bonds is 4. The van der Waals surface area contributed by atoms with E-state index in [2.05, 4.69) is 38.8 Å². The van der Waals surface area contributed by atoms with Gasteiger partial charge < -0.3 is 0 Å². The van der Waals surface area contributed by atoms with Crippen molar-refractivity contribution < 1.29 is 4.39 Å². The highest BCUT2D eigenvalue weighted by Gasteiger charge is 2.05. The number of halogens is 3. The van der Waals surface area contributed by atoms with E-state index in [-0.39, 0.29) is 5.82 Å². The summed E-state index contributed by atoms with van der Waals surface area (Å²) in [5, 5.41) is 0. The van der Waals surface area contributed by atoms with E-state index >= 15 is 0 Å². The number of alkyl halides is 1. The molecule has 0 amide bonds. The molecule has 0 nitrogen and oxygen atoms in total. The summed E-state index contributed by atoms with van der Waals surface area (Å²) >= 11 is 6.78. The lowest BCUT2D eigenvalue weighted by atomic mass is 10.1. The van der Waals surface area contributed by atoms with Gasteiger partial charge in [-0.3, -0.25) is 0 Å². The molecule has 1 aromatic rings. The minimum absolute atomic E-state index is 0.116. The van der Waals surface area contributed by atoms with Gasteiger partial charge >= 0.3 is 0 Å². The van der Waals surface area contributed by atoms with Gasteiger partial charge in [0.05, 0.1) is 0 Å². The Kier molecular flexibility index (Phi) is 5.10. The molecule has 0 spiro atoms. The highest BCUT2D eigenvalue weighted by molar-refractivity contribution is 9.10. The fourth-order valence-electron chi connectivity index (χ4n) is 1.24. The Hall–Kier alpha value is 0.110. The Bertz CT molecular complexity index is 299. The molecular weight excluding hydrogens is 311 g/mol. The van der Waals surface area contributed by atoms with Crippen LogP contribution >= 0.6 is 31.9 Å². The number of hydrogen-bond acceptors (Lipinski definition) is 0. The van der Waals surface area contributed by atoms with E-state index in [1.165, 1.54) is 6.07 Å². The maximum atomic E-state index is 13.4. The lowest BCUT2D eigenvalue weighted by Gasteiger charge is -2.07. The first-order chi connectivity index (χ1) is 6.63. The molecule has 0 heterocycles. The third kappa shape index (κ3) is 3.70. The summed E-state index contributed by atoms with van der Waals surface area (Å²) < 4.78 is 14.2. The van der Waals surface area contributed by atoms with E-state index in [0.29, 0.717) is 4.83 Å². The van der Waals surface area contributed by atoms with Crippen molar-refractivity contribution in [2.75, 3.05) is 0 Å². The van der Waals surface area contributed by atoms with Crippen LogP contribution in [0.2, 0.25) is 0 Å². The molecule has 0 bridgehead atoms. The molecule has 1 atom stereocenters. The molecule has 0 aromatic heterocycles. The SMILES string of the molecule is CCC(Br)CCc1ccc(Br)cc1F. The highest BCUT2D eigenvalue weighted by Crippen LogP contribution is 2.19. The molecule has 0 saturated heterocycles. The van der Waals surface area contributed by atoms with Gasteiger partial charge in [0.15, 0.2) is 0 Å². The standard InChI is InChI=1S/C11H13Br2F/c1-2-9(12)5-3-8-4-6-10(13)7-11(8)14/h4,6-7,9H,2-3,5H2,1H3. The first-order valence-corrected chi connectivity index (χ1v) is 6.42. The number of hydrogen-bond donors (Lipinski definition) is 0. The molecule has 3 heteroatoms. The van der Waals surface area contributed by atoms with Gasteiger partial charge in [-0.2, -0.15) is 0 Å². The largest absolute Gasteiger partial charge is 0.207 e. The van der Waals surface area contributed by atoms with Crippen LogP contribution in [0, 0.1) is 5.82 Å². The van der Waals surface area contributed by atoms with Crippen LogP contribution in [0.15, 0.2) is 22.7 Å². The molecule has 1 unspecified atom stereocenters. The normalized spacial score (nSPS) is 12.9. The Balaban J connectivity index is 2.59. The van der Waals surface area contributed by atoms with Crippen molar-refractivity contribution in [3.05, 3.63) is 34.1 Å². The molecule has 0 N–H and O–H groups in total. The quantitative estimate of drug-likeness (QED) is 0.705. The van der Waals surface area contributed by atoms with Gasteiger partial charge in [0.2, 0.25) is 0 Å². The van der Waals surface area contributed by atoms with Crippen LogP contribution in [0.4, 0.5) is 4.39 Å². The first-order valence-electron chi connectivity index (χ1n) is 4.71. The third-order valence-corrected chi connectivity index (χ3v) is 3.78. The maximum Gasteiger partial charge on any atom is 0.127 e. The molecule has 78 valence electrons. The van der Waals surface area contributed by atoms with E-state index in [0.717, 1.165) is 29.3 Å². The van der Waals surface area contributed by atoms with Gasteiger partial charge in [0, 0.05) is 9.30 Å². The van der Waals surface area contributed by atoms with Gasteiger partial charge in [-0.25, -0.2) is 4.39 Å². The summed E-state index contributed by atoms with van der Waals surface area (Å²) in [6.45, 7) is 2.12. The summed E-state index contributed by atoms with van der Waals surface area (Å²) in [5.74, 6) is -0.116. The average molecular weight is 324 g/mol. The molecule has 14 heavy (non-hydrogen) atoms.